The summed E-state index contributed by atoms with van der Waals surface area (Å²) in [7, 11) is 1.71. The fraction of sp³-hybridized carbons (Fsp3) is 0.417. The van der Waals surface area contributed by atoms with Gasteiger partial charge in [-0.2, -0.15) is 0 Å². The average Bonchev–Trinajstić information content (AvgIpc) is 2.32. The molecular formula is C12H18ClN3O. The molecule has 1 aromatic carbocycles. The molecule has 1 rings (SSSR count). The van der Waals surface area contributed by atoms with Crippen molar-refractivity contribution in [1.82, 2.24) is 10.6 Å². The van der Waals surface area contributed by atoms with Crippen molar-refractivity contribution in [3.8, 4) is 0 Å². The summed E-state index contributed by atoms with van der Waals surface area (Å²) in [6.45, 7) is 2.62. The summed E-state index contributed by atoms with van der Waals surface area (Å²) < 4.78 is 0. The number of nitrogens with one attached hydrogen (secondary N) is 2. The number of likely N-dealkylation sites (N-methyl/N-ethyl adjacent to an activating group) is 1. The molecule has 1 atom stereocenters. The molecule has 0 fully saturated rings. The van der Waals surface area contributed by atoms with Gasteiger partial charge in [-0.25, -0.2) is 0 Å². The Morgan fingerprint density at radius 1 is 1.53 bits per heavy atom. The fourth-order valence-electron chi connectivity index (χ4n) is 1.51. The Morgan fingerprint density at radius 3 is 2.82 bits per heavy atom. The van der Waals surface area contributed by atoms with Crippen molar-refractivity contribution >= 4 is 17.5 Å². The number of carbonyl (C=O) groups is 1. The van der Waals surface area contributed by atoms with E-state index in [0.717, 1.165) is 11.1 Å². The second-order valence-corrected chi connectivity index (χ2v) is 4.22. The van der Waals surface area contributed by atoms with Crippen LogP contribution in [0.15, 0.2) is 18.2 Å². The lowest BCUT2D eigenvalue weighted by atomic mass is 10.1. The number of hydrogen-bond donors (Lipinski definition) is 3. The second-order valence-electron chi connectivity index (χ2n) is 3.84. The van der Waals surface area contributed by atoms with Gasteiger partial charge >= 0.3 is 0 Å². The Morgan fingerprint density at radius 2 is 2.24 bits per heavy atom. The van der Waals surface area contributed by atoms with Crippen molar-refractivity contribution in [3.05, 3.63) is 34.3 Å². The van der Waals surface area contributed by atoms with Gasteiger partial charge in [0.2, 0.25) is 5.91 Å². The quantitative estimate of drug-likeness (QED) is 0.730. The number of rotatable bonds is 5. The van der Waals surface area contributed by atoms with Crippen molar-refractivity contribution in [2.75, 3.05) is 13.6 Å². The number of nitrogens with two attached hydrogens (primary N) is 1. The topological polar surface area (TPSA) is 67.1 Å². The van der Waals surface area contributed by atoms with Crippen LogP contribution in [0.1, 0.15) is 11.1 Å². The van der Waals surface area contributed by atoms with Gasteiger partial charge in [-0.3, -0.25) is 4.79 Å². The van der Waals surface area contributed by atoms with E-state index in [1.165, 1.54) is 0 Å². The van der Waals surface area contributed by atoms with E-state index in [0.29, 0.717) is 11.6 Å². The molecule has 0 radical (unpaired) electrons. The first-order valence-corrected chi connectivity index (χ1v) is 5.87. The third-order valence-corrected chi connectivity index (χ3v) is 3.17. The molecule has 4 nitrogen and oxygen atoms in total. The Bertz CT molecular complexity index is 391. The molecule has 0 aromatic heterocycles. The number of carbonyl (C=O) groups excluding carboxylic acids is 1. The normalized spacial score (nSPS) is 12.2. The first-order valence-electron chi connectivity index (χ1n) is 5.49. The van der Waals surface area contributed by atoms with Crippen LogP contribution in [0.25, 0.3) is 0 Å². The first kappa shape index (κ1) is 14.0. The molecule has 0 spiro atoms. The zero-order valence-corrected chi connectivity index (χ0v) is 10.8. The van der Waals surface area contributed by atoms with Gasteiger partial charge in [-0.05, 0) is 25.1 Å². The summed E-state index contributed by atoms with van der Waals surface area (Å²) in [4.78, 5) is 11.7. The van der Waals surface area contributed by atoms with E-state index < -0.39 is 0 Å². The largest absolute Gasteiger partial charge is 0.351 e. The minimum Gasteiger partial charge on any atom is -0.351 e. The molecule has 0 aliphatic heterocycles. The van der Waals surface area contributed by atoms with Crippen molar-refractivity contribution in [2.45, 2.75) is 19.5 Å². The predicted molar refractivity (Wildman–Crippen MR) is 69.9 cm³/mol. The maximum Gasteiger partial charge on any atom is 0.238 e. The predicted octanol–water partition coefficient (Wildman–Crippen LogP) is 0.811. The third kappa shape index (κ3) is 3.70. The van der Waals surface area contributed by atoms with Crippen LogP contribution in [0.3, 0.4) is 0 Å². The molecule has 1 aromatic rings. The molecule has 4 N–H and O–H groups in total. The summed E-state index contributed by atoms with van der Waals surface area (Å²) in [5.74, 6) is -0.118. The third-order valence-electron chi connectivity index (χ3n) is 2.63. The molecule has 0 saturated carbocycles. The molecule has 1 amide bonds. The van der Waals surface area contributed by atoms with Crippen LogP contribution in [-0.4, -0.2) is 25.5 Å². The van der Waals surface area contributed by atoms with Crippen LogP contribution in [-0.2, 0) is 11.3 Å². The van der Waals surface area contributed by atoms with E-state index in [4.69, 9.17) is 17.3 Å². The lowest BCUT2D eigenvalue weighted by molar-refractivity contribution is -0.122. The lowest BCUT2D eigenvalue weighted by Gasteiger charge is -2.14. The van der Waals surface area contributed by atoms with E-state index in [-0.39, 0.29) is 18.5 Å². The number of hydrogen-bond acceptors (Lipinski definition) is 3. The van der Waals surface area contributed by atoms with E-state index in [1.807, 2.05) is 25.1 Å². The minimum absolute atomic E-state index is 0.118. The SMILES string of the molecule is CNC(CN)C(=O)NCc1cccc(C)c1Cl. The van der Waals surface area contributed by atoms with Gasteiger partial charge in [0.15, 0.2) is 0 Å². The molecule has 0 bridgehead atoms. The highest BCUT2D eigenvalue weighted by atomic mass is 35.5. The molecule has 94 valence electrons. The summed E-state index contributed by atoms with van der Waals surface area (Å²) in [5.41, 5.74) is 7.37. The van der Waals surface area contributed by atoms with Gasteiger partial charge in [0, 0.05) is 18.1 Å². The van der Waals surface area contributed by atoms with Crippen molar-refractivity contribution in [2.24, 2.45) is 5.73 Å². The molecular weight excluding hydrogens is 238 g/mol. The highest BCUT2D eigenvalue weighted by Gasteiger charge is 2.14. The second kappa shape index (κ2) is 6.59. The Labute approximate surface area is 107 Å². The maximum absolute atomic E-state index is 11.7. The minimum atomic E-state index is -0.362. The van der Waals surface area contributed by atoms with Crippen LogP contribution >= 0.6 is 11.6 Å². The lowest BCUT2D eigenvalue weighted by Crippen LogP contribution is -2.46. The van der Waals surface area contributed by atoms with E-state index in [1.54, 1.807) is 7.05 Å². The van der Waals surface area contributed by atoms with Gasteiger partial charge in [0.1, 0.15) is 0 Å². The fourth-order valence-corrected chi connectivity index (χ4v) is 1.70. The maximum atomic E-state index is 11.7. The van der Waals surface area contributed by atoms with Gasteiger partial charge in [-0.1, -0.05) is 29.8 Å². The highest BCUT2D eigenvalue weighted by Crippen LogP contribution is 2.19. The molecule has 1 unspecified atom stereocenters. The van der Waals surface area contributed by atoms with Crippen molar-refractivity contribution in [1.29, 1.82) is 0 Å². The number of aryl methyl sites for hydroxylation is 1. The van der Waals surface area contributed by atoms with Gasteiger partial charge in [0.05, 0.1) is 6.04 Å². The van der Waals surface area contributed by atoms with Crippen LogP contribution < -0.4 is 16.4 Å². The molecule has 5 heteroatoms. The van der Waals surface area contributed by atoms with E-state index in [2.05, 4.69) is 10.6 Å². The Balaban J connectivity index is 2.61. The Hall–Kier alpha value is -1.10. The molecule has 0 aliphatic rings. The monoisotopic (exact) mass is 255 g/mol. The zero-order chi connectivity index (χ0) is 12.8. The number of amides is 1. The molecule has 0 saturated heterocycles. The van der Waals surface area contributed by atoms with Crippen LogP contribution in [0.4, 0.5) is 0 Å². The van der Waals surface area contributed by atoms with Gasteiger partial charge in [-0.15, -0.1) is 0 Å². The van der Waals surface area contributed by atoms with Gasteiger partial charge < -0.3 is 16.4 Å². The number of halogens is 1. The summed E-state index contributed by atoms with van der Waals surface area (Å²) in [6, 6.07) is 5.39. The summed E-state index contributed by atoms with van der Waals surface area (Å²) in [6.07, 6.45) is 0. The van der Waals surface area contributed by atoms with Crippen molar-refractivity contribution in [3.63, 3.8) is 0 Å². The van der Waals surface area contributed by atoms with Crippen LogP contribution in [0.5, 0.6) is 0 Å². The molecule has 0 heterocycles. The van der Waals surface area contributed by atoms with E-state index in [9.17, 15) is 4.79 Å². The average molecular weight is 256 g/mol. The van der Waals surface area contributed by atoms with Crippen LogP contribution in [0, 0.1) is 6.92 Å². The highest BCUT2D eigenvalue weighted by molar-refractivity contribution is 6.32. The van der Waals surface area contributed by atoms with Crippen molar-refractivity contribution < 1.29 is 4.79 Å². The van der Waals surface area contributed by atoms with E-state index >= 15 is 0 Å². The smallest absolute Gasteiger partial charge is 0.238 e. The summed E-state index contributed by atoms with van der Waals surface area (Å²) >= 11 is 6.13. The van der Waals surface area contributed by atoms with Gasteiger partial charge in [0.25, 0.3) is 0 Å². The zero-order valence-electron chi connectivity index (χ0n) is 10.1. The summed E-state index contributed by atoms with van der Waals surface area (Å²) in [5, 5.41) is 6.34. The molecule has 0 aliphatic carbocycles. The first-order chi connectivity index (χ1) is 8.10. The standard InChI is InChI=1S/C12H18ClN3O/c1-8-4-3-5-9(11(8)13)7-16-12(17)10(6-14)15-2/h3-5,10,15H,6-7,14H2,1-2H3,(H,16,17). The number of benzene rings is 1. The Kier molecular flexibility index (Phi) is 5.41. The van der Waals surface area contributed by atoms with Crippen LogP contribution in [0.2, 0.25) is 5.02 Å². The molecule has 17 heavy (non-hydrogen) atoms.